The normalized spacial score (nSPS) is 17.3. The van der Waals surface area contributed by atoms with E-state index in [4.69, 9.17) is 9.47 Å². The molecule has 0 aliphatic carbocycles. The number of likely N-dealkylation sites (tertiary alicyclic amines) is 1. The molecule has 0 aromatic heterocycles. The molecule has 0 unspecified atom stereocenters. The third kappa shape index (κ3) is 4.91. The van der Waals surface area contributed by atoms with Crippen LogP contribution >= 0.6 is 0 Å². The van der Waals surface area contributed by atoms with Crippen LogP contribution in [-0.2, 0) is 4.74 Å². The lowest BCUT2D eigenvalue weighted by Crippen LogP contribution is -2.42. The number of esters is 1. The Labute approximate surface area is 126 Å². The van der Waals surface area contributed by atoms with Crippen molar-refractivity contribution in [1.82, 2.24) is 4.90 Å². The smallest absolute Gasteiger partial charge is 0.401 e. The minimum Gasteiger partial charge on any atom is -0.497 e. The van der Waals surface area contributed by atoms with E-state index in [0.29, 0.717) is 24.2 Å². The number of halogens is 3. The molecule has 1 heterocycles. The SMILES string of the molecule is COc1cccc(C(=O)OC2CCN(CC(F)(F)F)CC2)c1. The molecule has 0 spiro atoms. The first-order chi connectivity index (χ1) is 10.4. The second kappa shape index (κ2) is 7.00. The third-order valence-corrected chi connectivity index (χ3v) is 3.52. The van der Waals surface area contributed by atoms with Crippen molar-refractivity contribution in [3.8, 4) is 5.75 Å². The van der Waals surface area contributed by atoms with Gasteiger partial charge >= 0.3 is 12.1 Å². The number of hydrogen-bond donors (Lipinski definition) is 0. The van der Waals surface area contributed by atoms with Gasteiger partial charge in [-0.15, -0.1) is 0 Å². The van der Waals surface area contributed by atoms with Gasteiger partial charge in [0.15, 0.2) is 0 Å². The number of carbonyl (C=O) groups is 1. The lowest BCUT2D eigenvalue weighted by Gasteiger charge is -2.31. The van der Waals surface area contributed by atoms with Gasteiger partial charge in [0, 0.05) is 13.1 Å². The minimum atomic E-state index is -4.19. The van der Waals surface area contributed by atoms with E-state index >= 15 is 0 Å². The summed E-state index contributed by atoms with van der Waals surface area (Å²) < 4.78 is 47.3. The summed E-state index contributed by atoms with van der Waals surface area (Å²) in [5.41, 5.74) is 0.372. The molecule has 1 saturated heterocycles. The predicted molar refractivity (Wildman–Crippen MR) is 73.9 cm³/mol. The van der Waals surface area contributed by atoms with E-state index in [9.17, 15) is 18.0 Å². The van der Waals surface area contributed by atoms with Gasteiger partial charge < -0.3 is 9.47 Å². The molecule has 122 valence electrons. The van der Waals surface area contributed by atoms with Crippen LogP contribution in [-0.4, -0.2) is 49.9 Å². The van der Waals surface area contributed by atoms with Crippen molar-refractivity contribution in [1.29, 1.82) is 0 Å². The number of ether oxygens (including phenoxy) is 2. The van der Waals surface area contributed by atoms with Crippen molar-refractivity contribution in [2.75, 3.05) is 26.7 Å². The maximum Gasteiger partial charge on any atom is 0.401 e. The molecule has 1 aliphatic heterocycles. The molecule has 0 N–H and O–H groups in total. The van der Waals surface area contributed by atoms with Crippen molar-refractivity contribution >= 4 is 5.97 Å². The Hall–Kier alpha value is -1.76. The van der Waals surface area contributed by atoms with Crippen molar-refractivity contribution in [2.24, 2.45) is 0 Å². The maximum atomic E-state index is 12.3. The predicted octanol–water partition coefficient (Wildman–Crippen LogP) is 2.88. The lowest BCUT2D eigenvalue weighted by molar-refractivity contribution is -0.150. The van der Waals surface area contributed by atoms with Gasteiger partial charge in [-0.2, -0.15) is 13.2 Å². The standard InChI is InChI=1S/C15H18F3NO3/c1-21-13-4-2-3-11(9-13)14(20)22-12-5-7-19(8-6-12)10-15(16,17)18/h2-4,9,12H,5-8,10H2,1H3. The number of rotatable bonds is 4. The van der Waals surface area contributed by atoms with E-state index in [1.165, 1.54) is 12.0 Å². The van der Waals surface area contributed by atoms with E-state index in [0.717, 1.165) is 0 Å². The van der Waals surface area contributed by atoms with E-state index in [2.05, 4.69) is 0 Å². The highest BCUT2D eigenvalue weighted by Gasteiger charge is 2.33. The Morgan fingerprint density at radius 3 is 2.59 bits per heavy atom. The van der Waals surface area contributed by atoms with Crippen molar-refractivity contribution in [3.63, 3.8) is 0 Å². The summed E-state index contributed by atoms with van der Waals surface area (Å²) in [7, 11) is 1.50. The number of piperidine rings is 1. The summed E-state index contributed by atoms with van der Waals surface area (Å²) in [6.07, 6.45) is -3.72. The molecular weight excluding hydrogens is 299 g/mol. The number of methoxy groups -OCH3 is 1. The first-order valence-corrected chi connectivity index (χ1v) is 7.01. The zero-order valence-corrected chi connectivity index (χ0v) is 12.2. The first kappa shape index (κ1) is 16.6. The number of carbonyl (C=O) groups excluding carboxylic acids is 1. The van der Waals surface area contributed by atoms with Crippen LogP contribution in [0, 0.1) is 0 Å². The summed E-state index contributed by atoms with van der Waals surface area (Å²) >= 11 is 0. The van der Waals surface area contributed by atoms with E-state index in [1.54, 1.807) is 24.3 Å². The number of benzene rings is 1. The topological polar surface area (TPSA) is 38.8 Å². The molecule has 22 heavy (non-hydrogen) atoms. The Morgan fingerprint density at radius 1 is 1.32 bits per heavy atom. The molecule has 0 atom stereocenters. The van der Waals surface area contributed by atoms with Gasteiger partial charge in [0.2, 0.25) is 0 Å². The fraction of sp³-hybridized carbons (Fsp3) is 0.533. The van der Waals surface area contributed by atoms with Crippen LogP contribution in [0.4, 0.5) is 13.2 Å². The van der Waals surface area contributed by atoms with Gasteiger partial charge in [-0.3, -0.25) is 4.90 Å². The van der Waals surface area contributed by atoms with Crippen LogP contribution in [0.1, 0.15) is 23.2 Å². The van der Waals surface area contributed by atoms with Crippen LogP contribution in [0.3, 0.4) is 0 Å². The largest absolute Gasteiger partial charge is 0.497 e. The van der Waals surface area contributed by atoms with Crippen LogP contribution in [0.5, 0.6) is 5.75 Å². The quantitative estimate of drug-likeness (QED) is 0.801. The molecule has 0 saturated carbocycles. The molecule has 0 radical (unpaired) electrons. The van der Waals surface area contributed by atoms with Gasteiger partial charge in [0.05, 0.1) is 19.2 Å². The summed E-state index contributed by atoms with van der Waals surface area (Å²) in [4.78, 5) is 13.3. The van der Waals surface area contributed by atoms with E-state index in [1.807, 2.05) is 0 Å². The monoisotopic (exact) mass is 317 g/mol. The molecular formula is C15H18F3NO3. The molecule has 2 rings (SSSR count). The van der Waals surface area contributed by atoms with Gasteiger partial charge in [-0.1, -0.05) is 6.07 Å². The summed E-state index contributed by atoms with van der Waals surface area (Å²) in [6.45, 7) is -0.366. The second-order valence-corrected chi connectivity index (χ2v) is 5.23. The Kier molecular flexibility index (Phi) is 5.28. The molecule has 1 fully saturated rings. The highest BCUT2D eigenvalue weighted by molar-refractivity contribution is 5.89. The van der Waals surface area contributed by atoms with Crippen LogP contribution in [0.2, 0.25) is 0 Å². The third-order valence-electron chi connectivity index (χ3n) is 3.52. The summed E-state index contributed by atoms with van der Waals surface area (Å²) in [6, 6.07) is 6.58. The van der Waals surface area contributed by atoms with Crippen LogP contribution in [0.15, 0.2) is 24.3 Å². The van der Waals surface area contributed by atoms with E-state index < -0.39 is 18.7 Å². The Morgan fingerprint density at radius 2 is 2.00 bits per heavy atom. The maximum absolute atomic E-state index is 12.3. The number of hydrogen-bond acceptors (Lipinski definition) is 4. The average Bonchev–Trinajstić information content (AvgIpc) is 2.48. The molecule has 1 aromatic carbocycles. The fourth-order valence-corrected chi connectivity index (χ4v) is 2.41. The number of alkyl halides is 3. The Balaban J connectivity index is 1.84. The molecule has 1 aliphatic rings. The van der Waals surface area contributed by atoms with Gasteiger partial charge in [0.1, 0.15) is 11.9 Å². The van der Waals surface area contributed by atoms with Crippen LogP contribution < -0.4 is 4.74 Å². The van der Waals surface area contributed by atoms with Gasteiger partial charge in [0.25, 0.3) is 0 Å². The zero-order valence-electron chi connectivity index (χ0n) is 12.2. The van der Waals surface area contributed by atoms with E-state index in [-0.39, 0.29) is 19.2 Å². The number of nitrogens with zero attached hydrogens (tertiary/aromatic N) is 1. The highest BCUT2D eigenvalue weighted by atomic mass is 19.4. The van der Waals surface area contributed by atoms with Gasteiger partial charge in [-0.25, -0.2) is 4.79 Å². The highest BCUT2D eigenvalue weighted by Crippen LogP contribution is 2.22. The zero-order chi connectivity index (χ0) is 16.2. The summed E-state index contributed by atoms with van der Waals surface area (Å²) in [5.74, 6) is 0.0719. The molecule has 1 aromatic rings. The van der Waals surface area contributed by atoms with Crippen LogP contribution in [0.25, 0.3) is 0 Å². The Bertz CT molecular complexity index is 511. The van der Waals surface area contributed by atoms with Crippen molar-refractivity contribution in [3.05, 3.63) is 29.8 Å². The average molecular weight is 317 g/mol. The minimum absolute atomic E-state index is 0.273. The van der Waals surface area contributed by atoms with Crippen molar-refractivity contribution in [2.45, 2.75) is 25.1 Å². The molecule has 0 amide bonds. The fourth-order valence-electron chi connectivity index (χ4n) is 2.41. The summed E-state index contributed by atoms with van der Waals surface area (Å²) in [5, 5.41) is 0. The van der Waals surface area contributed by atoms with Crippen molar-refractivity contribution < 1.29 is 27.4 Å². The lowest BCUT2D eigenvalue weighted by atomic mass is 10.1. The van der Waals surface area contributed by atoms with Gasteiger partial charge in [-0.05, 0) is 31.0 Å². The second-order valence-electron chi connectivity index (χ2n) is 5.23. The molecule has 4 nitrogen and oxygen atoms in total. The molecule has 7 heteroatoms. The first-order valence-electron chi connectivity index (χ1n) is 7.01. The molecule has 0 bridgehead atoms.